The molecule has 0 radical (unpaired) electrons. The summed E-state index contributed by atoms with van der Waals surface area (Å²) in [4.78, 5) is 4.13. The average molecular weight is 148 g/mol. The summed E-state index contributed by atoms with van der Waals surface area (Å²) < 4.78 is 0. The number of rotatable bonds is 2. The number of hydrogen-bond acceptors (Lipinski definition) is 2. The maximum absolute atomic E-state index is 5.45. The monoisotopic (exact) mass is 148 g/mol. The van der Waals surface area contributed by atoms with Crippen molar-refractivity contribution in [1.29, 1.82) is 0 Å². The molecule has 0 atom stereocenters. The Labute approximate surface area is 66.8 Å². The molecular formula is C9H12N2. The van der Waals surface area contributed by atoms with Gasteiger partial charge in [-0.2, -0.15) is 0 Å². The molecule has 1 aromatic rings. The first-order valence-electron chi connectivity index (χ1n) is 3.55. The van der Waals surface area contributed by atoms with Crippen molar-refractivity contribution < 1.29 is 0 Å². The smallest absolute Gasteiger partial charge is 0.0447 e. The van der Waals surface area contributed by atoms with E-state index in [0.717, 1.165) is 16.8 Å². The molecular weight excluding hydrogens is 136 g/mol. The zero-order valence-electron chi connectivity index (χ0n) is 6.67. The molecule has 2 heteroatoms. The van der Waals surface area contributed by atoms with Gasteiger partial charge in [0.15, 0.2) is 0 Å². The molecule has 1 rings (SSSR count). The van der Waals surface area contributed by atoms with Crippen molar-refractivity contribution in [2.45, 2.75) is 6.92 Å². The SMILES string of the molecule is C=C(CN)c1cccnc1C. The van der Waals surface area contributed by atoms with Gasteiger partial charge in [0.1, 0.15) is 0 Å². The molecule has 2 nitrogen and oxygen atoms in total. The van der Waals surface area contributed by atoms with Crippen LogP contribution in [0.3, 0.4) is 0 Å². The third-order valence-corrected chi connectivity index (χ3v) is 1.63. The van der Waals surface area contributed by atoms with Crippen molar-refractivity contribution in [3.63, 3.8) is 0 Å². The zero-order chi connectivity index (χ0) is 8.27. The number of pyridine rings is 1. The maximum atomic E-state index is 5.45. The van der Waals surface area contributed by atoms with E-state index in [1.807, 2.05) is 19.1 Å². The molecule has 0 fully saturated rings. The molecule has 1 aromatic heterocycles. The Hall–Kier alpha value is -1.15. The summed E-state index contributed by atoms with van der Waals surface area (Å²) in [5.74, 6) is 0. The minimum atomic E-state index is 0.493. The van der Waals surface area contributed by atoms with Crippen molar-refractivity contribution in [2.24, 2.45) is 5.73 Å². The first kappa shape index (κ1) is 7.95. The van der Waals surface area contributed by atoms with Crippen LogP contribution < -0.4 is 5.73 Å². The van der Waals surface area contributed by atoms with Crippen molar-refractivity contribution in [1.82, 2.24) is 4.98 Å². The fourth-order valence-electron chi connectivity index (χ4n) is 0.968. The summed E-state index contributed by atoms with van der Waals surface area (Å²) in [5, 5.41) is 0. The molecule has 0 saturated heterocycles. The molecule has 0 aliphatic heterocycles. The molecule has 0 aliphatic rings. The molecule has 0 amide bonds. The van der Waals surface area contributed by atoms with Crippen LogP contribution in [0, 0.1) is 6.92 Å². The van der Waals surface area contributed by atoms with E-state index < -0.39 is 0 Å². The molecule has 0 saturated carbocycles. The summed E-state index contributed by atoms with van der Waals surface area (Å²) >= 11 is 0. The van der Waals surface area contributed by atoms with E-state index in [4.69, 9.17) is 5.73 Å². The second kappa shape index (κ2) is 3.30. The van der Waals surface area contributed by atoms with Crippen LogP contribution >= 0.6 is 0 Å². The summed E-state index contributed by atoms with van der Waals surface area (Å²) in [6, 6.07) is 3.88. The third kappa shape index (κ3) is 1.65. The van der Waals surface area contributed by atoms with Crippen LogP contribution in [0.15, 0.2) is 24.9 Å². The largest absolute Gasteiger partial charge is 0.326 e. The highest BCUT2D eigenvalue weighted by Crippen LogP contribution is 2.12. The van der Waals surface area contributed by atoms with Crippen LogP contribution in [0.2, 0.25) is 0 Å². The fourth-order valence-corrected chi connectivity index (χ4v) is 0.968. The Morgan fingerprint density at radius 3 is 3.00 bits per heavy atom. The highest BCUT2D eigenvalue weighted by molar-refractivity contribution is 5.65. The first-order chi connectivity index (χ1) is 5.25. The molecule has 0 spiro atoms. The zero-order valence-corrected chi connectivity index (χ0v) is 6.67. The quantitative estimate of drug-likeness (QED) is 0.687. The minimum absolute atomic E-state index is 0.493. The van der Waals surface area contributed by atoms with E-state index in [1.165, 1.54) is 0 Å². The van der Waals surface area contributed by atoms with Crippen molar-refractivity contribution in [2.75, 3.05) is 6.54 Å². The lowest BCUT2D eigenvalue weighted by Gasteiger charge is -2.04. The van der Waals surface area contributed by atoms with Gasteiger partial charge in [0, 0.05) is 18.4 Å². The second-order valence-corrected chi connectivity index (χ2v) is 2.44. The Morgan fingerprint density at radius 1 is 1.73 bits per heavy atom. The Bertz CT molecular complexity index is 266. The molecule has 2 N–H and O–H groups in total. The van der Waals surface area contributed by atoms with E-state index in [0.29, 0.717) is 6.54 Å². The lowest BCUT2D eigenvalue weighted by molar-refractivity contribution is 1.16. The van der Waals surface area contributed by atoms with Gasteiger partial charge in [-0.1, -0.05) is 12.6 Å². The molecule has 0 aliphatic carbocycles. The predicted octanol–water partition coefficient (Wildman–Crippen LogP) is 1.36. The Kier molecular flexibility index (Phi) is 2.39. The third-order valence-electron chi connectivity index (χ3n) is 1.63. The van der Waals surface area contributed by atoms with Gasteiger partial charge in [-0.15, -0.1) is 0 Å². The first-order valence-corrected chi connectivity index (χ1v) is 3.55. The fraction of sp³-hybridized carbons (Fsp3) is 0.222. The lowest BCUT2D eigenvalue weighted by atomic mass is 10.1. The van der Waals surface area contributed by atoms with Crippen LogP contribution in [-0.4, -0.2) is 11.5 Å². The van der Waals surface area contributed by atoms with Gasteiger partial charge in [-0.25, -0.2) is 0 Å². The van der Waals surface area contributed by atoms with E-state index in [2.05, 4.69) is 11.6 Å². The normalized spacial score (nSPS) is 9.64. The number of aromatic nitrogens is 1. The van der Waals surface area contributed by atoms with E-state index in [9.17, 15) is 0 Å². The van der Waals surface area contributed by atoms with Gasteiger partial charge >= 0.3 is 0 Å². The summed E-state index contributed by atoms with van der Waals surface area (Å²) in [6.45, 7) is 6.29. The van der Waals surface area contributed by atoms with Crippen LogP contribution in [0.1, 0.15) is 11.3 Å². The van der Waals surface area contributed by atoms with Crippen LogP contribution in [0.25, 0.3) is 5.57 Å². The minimum Gasteiger partial charge on any atom is -0.326 e. The van der Waals surface area contributed by atoms with Gasteiger partial charge < -0.3 is 5.73 Å². The van der Waals surface area contributed by atoms with Gasteiger partial charge in [-0.3, -0.25) is 4.98 Å². The highest BCUT2D eigenvalue weighted by atomic mass is 14.7. The van der Waals surface area contributed by atoms with Crippen molar-refractivity contribution >= 4 is 5.57 Å². The van der Waals surface area contributed by atoms with E-state index in [1.54, 1.807) is 6.20 Å². The van der Waals surface area contributed by atoms with E-state index in [-0.39, 0.29) is 0 Å². The molecule has 0 unspecified atom stereocenters. The molecule has 0 bridgehead atoms. The second-order valence-electron chi connectivity index (χ2n) is 2.44. The average Bonchev–Trinajstić information content (AvgIpc) is 2.04. The van der Waals surface area contributed by atoms with Gasteiger partial charge in [0.25, 0.3) is 0 Å². The summed E-state index contributed by atoms with van der Waals surface area (Å²) in [7, 11) is 0. The van der Waals surface area contributed by atoms with Gasteiger partial charge in [0.2, 0.25) is 0 Å². The Balaban J connectivity index is 3.03. The lowest BCUT2D eigenvalue weighted by Crippen LogP contribution is -2.02. The van der Waals surface area contributed by atoms with Gasteiger partial charge in [0.05, 0.1) is 0 Å². The number of hydrogen-bond donors (Lipinski definition) is 1. The highest BCUT2D eigenvalue weighted by Gasteiger charge is 1.99. The molecule has 11 heavy (non-hydrogen) atoms. The summed E-state index contributed by atoms with van der Waals surface area (Å²) in [5.41, 5.74) is 8.44. The van der Waals surface area contributed by atoms with Gasteiger partial charge in [-0.05, 0) is 24.1 Å². The molecule has 1 heterocycles. The topological polar surface area (TPSA) is 38.9 Å². The van der Waals surface area contributed by atoms with Crippen molar-refractivity contribution in [3.05, 3.63) is 36.2 Å². The standard InChI is InChI=1S/C9H12N2/c1-7(6-10)9-4-3-5-11-8(9)2/h3-5H,1,6,10H2,2H3. The Morgan fingerprint density at radius 2 is 2.45 bits per heavy atom. The molecule has 0 aromatic carbocycles. The number of aryl methyl sites for hydroxylation is 1. The van der Waals surface area contributed by atoms with Crippen LogP contribution in [-0.2, 0) is 0 Å². The molecule has 58 valence electrons. The number of nitrogens with two attached hydrogens (primary N) is 1. The number of nitrogens with zero attached hydrogens (tertiary/aromatic N) is 1. The summed E-state index contributed by atoms with van der Waals surface area (Å²) in [6.07, 6.45) is 1.77. The van der Waals surface area contributed by atoms with Crippen LogP contribution in [0.4, 0.5) is 0 Å². The predicted molar refractivity (Wildman–Crippen MR) is 47.1 cm³/mol. The van der Waals surface area contributed by atoms with Crippen molar-refractivity contribution in [3.8, 4) is 0 Å². The van der Waals surface area contributed by atoms with Crippen LogP contribution in [0.5, 0.6) is 0 Å². The maximum Gasteiger partial charge on any atom is 0.0447 e. The van der Waals surface area contributed by atoms with E-state index >= 15 is 0 Å².